The number of carbonyl (C=O) groups is 1. The summed E-state index contributed by atoms with van der Waals surface area (Å²) in [6, 6.07) is 12.4. The van der Waals surface area contributed by atoms with Crippen molar-refractivity contribution < 1.29 is 4.79 Å². The number of hydrogen-bond donors (Lipinski definition) is 1. The molecule has 1 N–H and O–H groups in total. The molecular formula is C17H14ClN3O2S. The number of thiazole rings is 1. The third-order valence-electron chi connectivity index (χ3n) is 3.30. The van der Waals surface area contributed by atoms with E-state index >= 15 is 0 Å². The molecule has 5 nitrogen and oxygen atoms in total. The highest BCUT2D eigenvalue weighted by Gasteiger charge is 2.08. The summed E-state index contributed by atoms with van der Waals surface area (Å²) in [5.41, 5.74) is 0.909. The number of nitrogens with one attached hydrogen (secondary N) is 1. The minimum atomic E-state index is -0.282. The lowest BCUT2D eigenvalue weighted by molar-refractivity contribution is -0.116. The van der Waals surface area contributed by atoms with E-state index in [9.17, 15) is 9.59 Å². The van der Waals surface area contributed by atoms with E-state index in [-0.39, 0.29) is 18.0 Å². The monoisotopic (exact) mass is 359 g/mol. The van der Waals surface area contributed by atoms with Gasteiger partial charge in [-0.3, -0.25) is 9.59 Å². The minimum Gasteiger partial charge on any atom is -0.306 e. The van der Waals surface area contributed by atoms with E-state index in [1.165, 1.54) is 22.0 Å². The van der Waals surface area contributed by atoms with Crippen LogP contribution in [0.3, 0.4) is 0 Å². The van der Waals surface area contributed by atoms with Gasteiger partial charge in [0.05, 0.1) is 0 Å². The van der Waals surface area contributed by atoms with Crippen LogP contribution in [0.15, 0.2) is 59.7 Å². The standard InChI is InChI=1S/C17H14ClN3O2S/c18-13-6-4-12(5-7-13)9-14-10-19-17(24-14)20-15(22)11-21-8-2-1-3-16(21)23/h1-8,10H,9,11H2,(H,19,20,22). The van der Waals surface area contributed by atoms with Crippen LogP contribution in [0.25, 0.3) is 0 Å². The molecule has 0 fully saturated rings. The van der Waals surface area contributed by atoms with E-state index in [1.807, 2.05) is 24.3 Å². The zero-order valence-electron chi connectivity index (χ0n) is 12.6. The molecule has 0 saturated heterocycles. The molecule has 3 rings (SSSR count). The van der Waals surface area contributed by atoms with Gasteiger partial charge in [-0.25, -0.2) is 4.98 Å². The number of anilines is 1. The lowest BCUT2D eigenvalue weighted by Gasteiger charge is -2.04. The minimum absolute atomic E-state index is 0.0359. The molecule has 0 aliphatic heterocycles. The predicted octanol–water partition coefficient (Wildman–Crippen LogP) is 3.19. The quantitative estimate of drug-likeness (QED) is 0.761. The number of halogens is 1. The van der Waals surface area contributed by atoms with Crippen molar-refractivity contribution in [3.63, 3.8) is 0 Å². The molecule has 2 heterocycles. The van der Waals surface area contributed by atoms with Gasteiger partial charge in [-0.2, -0.15) is 0 Å². The summed E-state index contributed by atoms with van der Waals surface area (Å²) < 4.78 is 1.34. The van der Waals surface area contributed by atoms with Gasteiger partial charge in [0.2, 0.25) is 5.91 Å². The largest absolute Gasteiger partial charge is 0.306 e. The Balaban J connectivity index is 1.61. The van der Waals surface area contributed by atoms with Crippen LogP contribution in [0.4, 0.5) is 5.13 Å². The second kappa shape index (κ2) is 7.42. The number of amides is 1. The maximum atomic E-state index is 12.0. The molecule has 1 aromatic carbocycles. The van der Waals surface area contributed by atoms with Gasteiger partial charge < -0.3 is 9.88 Å². The molecule has 24 heavy (non-hydrogen) atoms. The fourth-order valence-corrected chi connectivity index (χ4v) is 3.14. The van der Waals surface area contributed by atoms with E-state index in [0.29, 0.717) is 10.2 Å². The molecule has 0 aliphatic rings. The van der Waals surface area contributed by atoms with Crippen LogP contribution in [-0.2, 0) is 17.8 Å². The number of benzene rings is 1. The average Bonchev–Trinajstić information content (AvgIpc) is 2.99. The Morgan fingerprint density at radius 3 is 2.75 bits per heavy atom. The molecule has 122 valence electrons. The number of rotatable bonds is 5. The van der Waals surface area contributed by atoms with Crippen LogP contribution in [0.1, 0.15) is 10.4 Å². The molecule has 0 spiro atoms. The number of hydrogen-bond acceptors (Lipinski definition) is 4. The first kappa shape index (κ1) is 16.4. The molecule has 1 amide bonds. The molecule has 0 radical (unpaired) electrons. The highest BCUT2D eigenvalue weighted by molar-refractivity contribution is 7.15. The Bertz CT molecular complexity index is 902. The summed E-state index contributed by atoms with van der Waals surface area (Å²) in [7, 11) is 0. The van der Waals surface area contributed by atoms with Gasteiger partial charge in [0.1, 0.15) is 6.54 Å². The third kappa shape index (κ3) is 4.31. The zero-order valence-corrected chi connectivity index (χ0v) is 14.2. The van der Waals surface area contributed by atoms with Crippen molar-refractivity contribution in [1.29, 1.82) is 0 Å². The lowest BCUT2D eigenvalue weighted by atomic mass is 10.1. The van der Waals surface area contributed by atoms with Crippen LogP contribution in [-0.4, -0.2) is 15.5 Å². The summed E-state index contributed by atoms with van der Waals surface area (Å²) >= 11 is 7.28. The van der Waals surface area contributed by atoms with Gasteiger partial charge >= 0.3 is 0 Å². The molecule has 7 heteroatoms. The van der Waals surface area contributed by atoms with E-state index in [4.69, 9.17) is 11.6 Å². The first-order valence-electron chi connectivity index (χ1n) is 7.24. The van der Waals surface area contributed by atoms with Crippen molar-refractivity contribution >= 4 is 34.0 Å². The Kier molecular flexibility index (Phi) is 5.08. The predicted molar refractivity (Wildman–Crippen MR) is 95.7 cm³/mol. The Hall–Kier alpha value is -2.44. The molecule has 3 aromatic rings. The fraction of sp³-hybridized carbons (Fsp3) is 0.118. The molecule has 0 unspecified atom stereocenters. The second-order valence-electron chi connectivity index (χ2n) is 5.15. The fourth-order valence-electron chi connectivity index (χ4n) is 2.16. The van der Waals surface area contributed by atoms with Crippen molar-refractivity contribution in [1.82, 2.24) is 9.55 Å². The van der Waals surface area contributed by atoms with Crippen molar-refractivity contribution in [3.05, 3.63) is 80.7 Å². The summed E-state index contributed by atoms with van der Waals surface area (Å²) in [5, 5.41) is 3.94. The smallest absolute Gasteiger partial charge is 0.250 e. The molecule has 0 atom stereocenters. The number of pyridine rings is 1. The first-order valence-corrected chi connectivity index (χ1v) is 8.44. The Labute approximate surface area is 147 Å². The van der Waals surface area contributed by atoms with E-state index in [1.54, 1.807) is 24.5 Å². The molecule has 0 bridgehead atoms. The van der Waals surface area contributed by atoms with E-state index in [0.717, 1.165) is 16.9 Å². The summed E-state index contributed by atoms with van der Waals surface area (Å²) in [4.78, 5) is 28.9. The van der Waals surface area contributed by atoms with Crippen molar-refractivity contribution in [2.45, 2.75) is 13.0 Å². The SMILES string of the molecule is O=C(Cn1ccccc1=O)Nc1ncc(Cc2ccc(Cl)cc2)s1. The topological polar surface area (TPSA) is 64.0 Å². The number of carbonyl (C=O) groups excluding carboxylic acids is 1. The maximum Gasteiger partial charge on any atom is 0.250 e. The van der Waals surface area contributed by atoms with Crippen LogP contribution >= 0.6 is 22.9 Å². The lowest BCUT2D eigenvalue weighted by Crippen LogP contribution is -2.26. The number of aromatic nitrogens is 2. The Morgan fingerprint density at radius 2 is 2.00 bits per heavy atom. The van der Waals surface area contributed by atoms with Gasteiger partial charge in [-0.1, -0.05) is 29.8 Å². The summed E-state index contributed by atoms with van der Waals surface area (Å²) in [6.45, 7) is -0.0359. The zero-order chi connectivity index (χ0) is 16.9. The van der Waals surface area contributed by atoms with Crippen LogP contribution in [0, 0.1) is 0 Å². The highest BCUT2D eigenvalue weighted by Crippen LogP contribution is 2.22. The number of nitrogens with zero attached hydrogens (tertiary/aromatic N) is 2. The van der Waals surface area contributed by atoms with Gasteiger partial charge in [0, 0.05) is 34.8 Å². The molecule has 0 aliphatic carbocycles. The molecular weight excluding hydrogens is 346 g/mol. The molecule has 2 aromatic heterocycles. The maximum absolute atomic E-state index is 12.0. The van der Waals surface area contributed by atoms with Gasteiger partial charge in [0.15, 0.2) is 5.13 Å². The van der Waals surface area contributed by atoms with Crippen LogP contribution in [0.5, 0.6) is 0 Å². The van der Waals surface area contributed by atoms with Crippen molar-refractivity contribution in [2.24, 2.45) is 0 Å². The first-order chi connectivity index (χ1) is 11.6. The second-order valence-corrected chi connectivity index (χ2v) is 6.70. The summed E-state index contributed by atoms with van der Waals surface area (Å²) in [5.74, 6) is -0.282. The summed E-state index contributed by atoms with van der Waals surface area (Å²) in [6.07, 6.45) is 4.04. The van der Waals surface area contributed by atoms with Crippen LogP contribution in [0.2, 0.25) is 5.02 Å². The van der Waals surface area contributed by atoms with Crippen molar-refractivity contribution in [2.75, 3.05) is 5.32 Å². The Morgan fingerprint density at radius 1 is 1.21 bits per heavy atom. The highest BCUT2D eigenvalue weighted by atomic mass is 35.5. The van der Waals surface area contributed by atoms with Gasteiger partial charge in [-0.15, -0.1) is 11.3 Å². The van der Waals surface area contributed by atoms with E-state index < -0.39 is 0 Å². The normalized spacial score (nSPS) is 10.5. The van der Waals surface area contributed by atoms with Gasteiger partial charge in [-0.05, 0) is 23.8 Å². The molecule has 0 saturated carbocycles. The van der Waals surface area contributed by atoms with Gasteiger partial charge in [0.25, 0.3) is 5.56 Å². The van der Waals surface area contributed by atoms with Crippen LogP contribution < -0.4 is 10.9 Å². The average molecular weight is 360 g/mol. The van der Waals surface area contributed by atoms with E-state index in [2.05, 4.69) is 10.3 Å². The third-order valence-corrected chi connectivity index (χ3v) is 4.47. The van der Waals surface area contributed by atoms with Crippen molar-refractivity contribution in [3.8, 4) is 0 Å².